The van der Waals surface area contributed by atoms with Gasteiger partial charge in [0.1, 0.15) is 12.4 Å². The average molecular weight is 363 g/mol. The van der Waals surface area contributed by atoms with E-state index in [1.807, 2.05) is 13.0 Å². The van der Waals surface area contributed by atoms with Crippen molar-refractivity contribution in [3.05, 3.63) is 24.4 Å². The summed E-state index contributed by atoms with van der Waals surface area (Å²) in [4.78, 5) is 21.0. The molecule has 1 amide bonds. The van der Waals surface area contributed by atoms with E-state index in [0.29, 0.717) is 12.4 Å². The molecule has 7 heteroatoms. The van der Waals surface area contributed by atoms with Gasteiger partial charge in [-0.15, -0.1) is 24.0 Å². The van der Waals surface area contributed by atoms with Gasteiger partial charge in [0, 0.05) is 19.8 Å². The molecule has 0 saturated carbocycles. The molecule has 6 nitrogen and oxygen atoms in total. The number of carbonyl (C=O) groups is 1. The van der Waals surface area contributed by atoms with E-state index in [4.69, 9.17) is 5.73 Å². The van der Waals surface area contributed by atoms with Crippen LogP contribution in [0.1, 0.15) is 6.92 Å². The monoisotopic (exact) mass is 363 g/mol. The Balaban J connectivity index is 0.00000289. The van der Waals surface area contributed by atoms with Crippen molar-refractivity contribution < 1.29 is 4.79 Å². The minimum absolute atomic E-state index is 0. The summed E-state index contributed by atoms with van der Waals surface area (Å²) in [5, 5.41) is 2.80. The van der Waals surface area contributed by atoms with Gasteiger partial charge in [0.05, 0.1) is 0 Å². The molecule has 0 aliphatic carbocycles. The fraction of sp³-hybridized carbons (Fsp3) is 0.364. The summed E-state index contributed by atoms with van der Waals surface area (Å²) >= 11 is 0. The number of pyridine rings is 1. The van der Waals surface area contributed by atoms with E-state index >= 15 is 0 Å². The van der Waals surface area contributed by atoms with Crippen molar-refractivity contribution in [3.63, 3.8) is 0 Å². The lowest BCUT2D eigenvalue weighted by Crippen LogP contribution is -2.30. The van der Waals surface area contributed by atoms with E-state index in [2.05, 4.69) is 15.3 Å². The second kappa shape index (κ2) is 8.67. The van der Waals surface area contributed by atoms with E-state index in [1.165, 1.54) is 0 Å². The molecule has 1 rings (SSSR count). The number of nitrogens with two attached hydrogens (primary N) is 1. The van der Waals surface area contributed by atoms with Crippen molar-refractivity contribution in [3.8, 4) is 0 Å². The number of hydrogen-bond donors (Lipinski definition) is 2. The number of rotatable bonds is 4. The molecule has 0 radical (unpaired) electrons. The van der Waals surface area contributed by atoms with Crippen molar-refractivity contribution in [2.75, 3.05) is 25.5 Å². The Morgan fingerprint density at radius 2 is 2.28 bits per heavy atom. The van der Waals surface area contributed by atoms with Crippen LogP contribution < -0.4 is 11.1 Å². The first-order chi connectivity index (χ1) is 8.13. The Bertz CT molecular complexity index is 396. The molecule has 0 fully saturated rings. The van der Waals surface area contributed by atoms with Crippen LogP contribution in [0.15, 0.2) is 29.4 Å². The standard InChI is InChI=1S/C11H17N5O.HI/c1-3-16(2)10(17)8-14-11(12)15-9-6-4-5-7-13-9;/h4-7H,3,8H2,1-2H3,(H3,12,13,14,15);1H. The lowest BCUT2D eigenvalue weighted by molar-refractivity contribution is -0.128. The number of anilines is 1. The number of likely N-dealkylation sites (N-methyl/N-ethyl adjacent to an activating group) is 1. The zero-order valence-electron chi connectivity index (χ0n) is 10.5. The molecule has 100 valence electrons. The molecule has 0 bridgehead atoms. The number of nitrogens with one attached hydrogen (secondary N) is 1. The molecular weight excluding hydrogens is 345 g/mol. The topological polar surface area (TPSA) is 83.6 Å². The Morgan fingerprint density at radius 3 is 2.83 bits per heavy atom. The first-order valence-corrected chi connectivity index (χ1v) is 5.35. The summed E-state index contributed by atoms with van der Waals surface area (Å²) in [6.45, 7) is 2.59. The van der Waals surface area contributed by atoms with Crippen molar-refractivity contribution in [1.82, 2.24) is 9.88 Å². The number of aromatic nitrogens is 1. The molecule has 0 spiro atoms. The molecule has 0 aromatic carbocycles. The minimum atomic E-state index is -0.0710. The van der Waals surface area contributed by atoms with Gasteiger partial charge >= 0.3 is 0 Å². The fourth-order valence-electron chi connectivity index (χ4n) is 1.06. The smallest absolute Gasteiger partial charge is 0.244 e. The van der Waals surface area contributed by atoms with E-state index in [0.717, 1.165) is 0 Å². The molecule has 1 aromatic rings. The Labute approximate surface area is 124 Å². The van der Waals surface area contributed by atoms with Gasteiger partial charge in [-0.2, -0.15) is 0 Å². The van der Waals surface area contributed by atoms with Gasteiger partial charge in [-0.1, -0.05) is 6.07 Å². The number of aliphatic imine (C=N–C) groups is 1. The predicted octanol–water partition coefficient (Wildman–Crippen LogP) is 0.904. The highest BCUT2D eigenvalue weighted by Gasteiger charge is 2.05. The minimum Gasteiger partial charge on any atom is -0.370 e. The van der Waals surface area contributed by atoms with Crippen LogP contribution >= 0.6 is 24.0 Å². The van der Waals surface area contributed by atoms with Gasteiger partial charge in [0.25, 0.3) is 0 Å². The average Bonchev–Trinajstić information content (AvgIpc) is 2.36. The Kier molecular flexibility index (Phi) is 8.01. The maximum atomic E-state index is 11.5. The third-order valence-corrected chi connectivity index (χ3v) is 2.21. The van der Waals surface area contributed by atoms with E-state index in [1.54, 1.807) is 30.3 Å². The molecule has 0 atom stereocenters. The normalized spacial score (nSPS) is 10.4. The largest absolute Gasteiger partial charge is 0.370 e. The van der Waals surface area contributed by atoms with Crippen LogP contribution in [0, 0.1) is 0 Å². The number of guanidine groups is 1. The number of carbonyl (C=O) groups excluding carboxylic acids is 1. The molecule has 0 unspecified atom stereocenters. The lowest BCUT2D eigenvalue weighted by atomic mass is 10.5. The molecule has 18 heavy (non-hydrogen) atoms. The molecule has 0 aliphatic rings. The number of halogens is 1. The molecule has 0 saturated heterocycles. The number of nitrogens with zero attached hydrogens (tertiary/aromatic N) is 3. The molecule has 0 aliphatic heterocycles. The number of amides is 1. The first-order valence-electron chi connectivity index (χ1n) is 5.35. The maximum Gasteiger partial charge on any atom is 0.244 e. The van der Waals surface area contributed by atoms with Gasteiger partial charge in [0.2, 0.25) is 5.91 Å². The summed E-state index contributed by atoms with van der Waals surface area (Å²) in [5.74, 6) is 0.713. The second-order valence-corrected chi connectivity index (χ2v) is 3.45. The van der Waals surface area contributed by atoms with Crippen LogP contribution in [0.5, 0.6) is 0 Å². The quantitative estimate of drug-likeness (QED) is 0.473. The van der Waals surface area contributed by atoms with Crippen LogP contribution in [0.4, 0.5) is 5.82 Å². The van der Waals surface area contributed by atoms with Crippen molar-refractivity contribution in [2.45, 2.75) is 6.92 Å². The number of hydrogen-bond acceptors (Lipinski definition) is 3. The van der Waals surface area contributed by atoms with Gasteiger partial charge in [-0.25, -0.2) is 9.98 Å². The zero-order chi connectivity index (χ0) is 12.7. The van der Waals surface area contributed by atoms with Crippen LogP contribution in [0.2, 0.25) is 0 Å². The van der Waals surface area contributed by atoms with Crippen LogP contribution in [-0.4, -0.2) is 41.9 Å². The molecular formula is C11H18IN5O. The van der Waals surface area contributed by atoms with Crippen molar-refractivity contribution in [1.29, 1.82) is 0 Å². The highest BCUT2D eigenvalue weighted by atomic mass is 127. The SMILES string of the molecule is CCN(C)C(=O)CN=C(N)Nc1ccccn1.I. The summed E-state index contributed by atoms with van der Waals surface area (Å²) in [7, 11) is 1.72. The third kappa shape index (κ3) is 5.80. The van der Waals surface area contributed by atoms with Gasteiger partial charge in [-0.3, -0.25) is 4.79 Å². The summed E-state index contributed by atoms with van der Waals surface area (Å²) in [6.07, 6.45) is 1.64. The third-order valence-electron chi connectivity index (χ3n) is 2.21. The molecule has 3 N–H and O–H groups in total. The predicted molar refractivity (Wildman–Crippen MR) is 83.1 cm³/mol. The summed E-state index contributed by atoms with van der Waals surface area (Å²) < 4.78 is 0. The van der Waals surface area contributed by atoms with E-state index in [9.17, 15) is 4.79 Å². The lowest BCUT2D eigenvalue weighted by Gasteiger charge is -2.12. The van der Waals surface area contributed by atoms with E-state index in [-0.39, 0.29) is 42.4 Å². The Hall–Kier alpha value is -1.38. The zero-order valence-corrected chi connectivity index (χ0v) is 12.8. The fourth-order valence-corrected chi connectivity index (χ4v) is 1.06. The molecule has 1 aromatic heterocycles. The summed E-state index contributed by atoms with van der Waals surface area (Å²) in [5.41, 5.74) is 5.62. The van der Waals surface area contributed by atoms with Gasteiger partial charge in [0.15, 0.2) is 5.96 Å². The van der Waals surface area contributed by atoms with Crippen molar-refractivity contribution in [2.24, 2.45) is 10.7 Å². The van der Waals surface area contributed by atoms with Crippen LogP contribution in [0.25, 0.3) is 0 Å². The van der Waals surface area contributed by atoms with E-state index < -0.39 is 0 Å². The van der Waals surface area contributed by atoms with Gasteiger partial charge in [-0.05, 0) is 19.1 Å². The Morgan fingerprint density at radius 1 is 1.56 bits per heavy atom. The highest BCUT2D eigenvalue weighted by molar-refractivity contribution is 14.0. The molecule has 1 heterocycles. The second-order valence-electron chi connectivity index (χ2n) is 3.45. The highest BCUT2D eigenvalue weighted by Crippen LogP contribution is 1.98. The summed E-state index contributed by atoms with van der Waals surface area (Å²) in [6, 6.07) is 5.40. The van der Waals surface area contributed by atoms with Gasteiger partial charge < -0.3 is 16.0 Å². The van der Waals surface area contributed by atoms with Crippen LogP contribution in [-0.2, 0) is 4.79 Å². The van der Waals surface area contributed by atoms with Crippen molar-refractivity contribution >= 4 is 41.7 Å². The van der Waals surface area contributed by atoms with Crippen LogP contribution in [0.3, 0.4) is 0 Å². The first kappa shape index (κ1) is 16.6. The maximum absolute atomic E-state index is 11.5.